The van der Waals surface area contributed by atoms with E-state index in [0.717, 1.165) is 21.7 Å². The van der Waals surface area contributed by atoms with E-state index >= 15 is 8.78 Å². The topological polar surface area (TPSA) is 188 Å². The van der Waals surface area contributed by atoms with Crippen molar-refractivity contribution in [2.24, 2.45) is 5.41 Å². The number of rotatable bonds is 14. The van der Waals surface area contributed by atoms with E-state index in [1.807, 2.05) is 67.7 Å². The zero-order chi connectivity index (χ0) is 50.7. The van der Waals surface area contributed by atoms with Gasteiger partial charge in [-0.3, -0.25) is 33.7 Å². The number of aryl methyl sites for hydroxylation is 1. The van der Waals surface area contributed by atoms with Crippen LogP contribution < -0.4 is 10.6 Å². The molecule has 0 radical (unpaired) electrons. The Labute approximate surface area is 420 Å². The van der Waals surface area contributed by atoms with Crippen LogP contribution in [0.15, 0.2) is 78.7 Å². The summed E-state index contributed by atoms with van der Waals surface area (Å²) in [4.78, 5) is 74.6. The smallest absolute Gasteiger partial charge is 0.246 e. The van der Waals surface area contributed by atoms with Crippen LogP contribution in [0.2, 0.25) is 0 Å². The number of halogens is 2. The first-order valence-electron chi connectivity index (χ1n) is 24.5. The molecule has 0 saturated carbocycles. The highest BCUT2D eigenvalue weighted by atomic mass is 32.1. The summed E-state index contributed by atoms with van der Waals surface area (Å²) in [6.07, 6.45) is 5.48. The van der Waals surface area contributed by atoms with Crippen LogP contribution in [-0.4, -0.2) is 132 Å². The van der Waals surface area contributed by atoms with E-state index in [-0.39, 0.29) is 56.4 Å². The Bertz CT molecular complexity index is 2920. The van der Waals surface area contributed by atoms with E-state index in [0.29, 0.717) is 85.7 Å². The molecular formula is C53H60F2N10O6S. The molecular weight excluding hydrogens is 943 g/mol. The summed E-state index contributed by atoms with van der Waals surface area (Å²) < 4.78 is 38.2. The molecule has 0 aliphatic carbocycles. The third kappa shape index (κ3) is 11.4. The van der Waals surface area contributed by atoms with Gasteiger partial charge in [-0.25, -0.2) is 18.7 Å². The second-order valence-electron chi connectivity index (χ2n) is 20.0. The Morgan fingerprint density at radius 1 is 0.917 bits per heavy atom. The van der Waals surface area contributed by atoms with E-state index in [1.54, 1.807) is 52.3 Å². The first kappa shape index (κ1) is 50.4. The lowest BCUT2D eigenvalue weighted by Gasteiger charge is -2.35. The largest absolute Gasteiger partial charge is 0.391 e. The van der Waals surface area contributed by atoms with Crippen molar-refractivity contribution < 1.29 is 37.8 Å². The van der Waals surface area contributed by atoms with E-state index in [9.17, 15) is 24.3 Å². The number of aliphatic hydroxyl groups is 1. The predicted octanol–water partition coefficient (Wildman–Crippen LogP) is 6.46. The third-order valence-electron chi connectivity index (χ3n) is 13.9. The minimum atomic E-state index is -1.02. The highest BCUT2D eigenvalue weighted by Gasteiger charge is 2.44. The quantitative estimate of drug-likeness (QED) is 0.109. The fourth-order valence-corrected chi connectivity index (χ4v) is 10.6. The molecule has 3 atom stereocenters. The number of carbonyl (C=O) groups is 4. The lowest BCUT2D eigenvalue weighted by molar-refractivity contribution is -0.144. The van der Waals surface area contributed by atoms with E-state index in [2.05, 4.69) is 25.7 Å². The number of para-hydroxylation sites is 1. The maximum Gasteiger partial charge on any atom is 0.246 e. The molecule has 3 aliphatic rings. The van der Waals surface area contributed by atoms with Crippen molar-refractivity contribution in [3.63, 3.8) is 0 Å². The third-order valence-corrected chi connectivity index (χ3v) is 14.9. The number of amides is 4. The standard InChI is InChI=1S/C53H60F2N10O6S/c1-32-49(72-31-58-32)34-10-8-33(9-11-34)25-57-51(69)45-24-38(66)29-64(45)52(70)50(53(2,3)4)61-46(67)12-13-47(68)63-16-14-37(15-17-63)65-28-36(26-59-65)44-27-56-43-7-5-6-39(48(43)60-44)35-22-41(54)40(42(55)23-35)30-62-18-20-71-21-19-62/h5-11,22-23,26-28,31,37-38,45,50,66H,12-21,24-25,29-30H2,1-4H3,(H,57,69)(H,61,67)/t38-,45+,50?/m1/s1. The van der Waals surface area contributed by atoms with Crippen LogP contribution in [0.1, 0.15) is 75.7 Å². The number of morpholine rings is 1. The number of aromatic nitrogens is 5. The average molecular weight is 1000 g/mol. The Balaban J connectivity index is 0.768. The minimum Gasteiger partial charge on any atom is -0.391 e. The van der Waals surface area contributed by atoms with Gasteiger partial charge in [0.15, 0.2) is 0 Å². The Morgan fingerprint density at radius 3 is 2.35 bits per heavy atom. The van der Waals surface area contributed by atoms with Crippen LogP contribution in [-0.2, 0) is 37.0 Å². The van der Waals surface area contributed by atoms with Crippen molar-refractivity contribution in [2.45, 2.75) is 97.1 Å². The summed E-state index contributed by atoms with van der Waals surface area (Å²) >= 11 is 1.56. The first-order chi connectivity index (χ1) is 34.6. The van der Waals surface area contributed by atoms with Crippen molar-refractivity contribution in [1.29, 1.82) is 0 Å². The van der Waals surface area contributed by atoms with E-state index < -0.39 is 53.0 Å². The second kappa shape index (κ2) is 21.7. The van der Waals surface area contributed by atoms with Crippen LogP contribution in [0.5, 0.6) is 0 Å². The number of likely N-dealkylation sites (tertiary alicyclic amines) is 2. The summed E-state index contributed by atoms with van der Waals surface area (Å²) in [6, 6.07) is 14.0. The highest BCUT2D eigenvalue weighted by molar-refractivity contribution is 7.13. The van der Waals surface area contributed by atoms with Crippen molar-refractivity contribution in [3.05, 3.63) is 107 Å². The number of nitrogens with one attached hydrogen (secondary N) is 2. The Morgan fingerprint density at radius 2 is 1.65 bits per heavy atom. The summed E-state index contributed by atoms with van der Waals surface area (Å²) in [6.45, 7) is 11.0. The molecule has 3 aromatic carbocycles. The van der Waals surface area contributed by atoms with Gasteiger partial charge in [0.25, 0.3) is 0 Å². The average Bonchev–Trinajstić information content (AvgIpc) is 4.15. The van der Waals surface area contributed by atoms with Crippen molar-refractivity contribution >= 4 is 46.0 Å². The molecule has 3 aromatic heterocycles. The van der Waals surface area contributed by atoms with Crippen molar-refractivity contribution in [3.8, 4) is 32.8 Å². The second-order valence-corrected chi connectivity index (χ2v) is 20.9. The molecule has 3 fully saturated rings. The lowest BCUT2D eigenvalue weighted by Crippen LogP contribution is -2.57. The van der Waals surface area contributed by atoms with E-state index in [4.69, 9.17) is 9.72 Å². The number of hydrogen-bond donors (Lipinski definition) is 3. The summed E-state index contributed by atoms with van der Waals surface area (Å²) in [7, 11) is 0. The lowest BCUT2D eigenvalue weighted by atomic mass is 9.85. The molecule has 6 aromatic rings. The maximum atomic E-state index is 15.5. The number of hydrogen-bond acceptors (Lipinski definition) is 12. The molecule has 3 saturated heterocycles. The van der Waals surface area contributed by atoms with Gasteiger partial charge in [0, 0.05) is 88.0 Å². The number of ether oxygens (including phenoxy) is 1. The van der Waals surface area contributed by atoms with Gasteiger partial charge in [0.2, 0.25) is 23.6 Å². The van der Waals surface area contributed by atoms with Crippen LogP contribution in [0.25, 0.3) is 43.9 Å². The minimum absolute atomic E-state index is 0.00369. The molecule has 16 nitrogen and oxygen atoms in total. The number of thiazole rings is 1. The van der Waals surface area contributed by atoms with Gasteiger partial charge in [-0.2, -0.15) is 5.10 Å². The number of β-amino-alcohol motifs (C(OH)–C–C–N with tert-alkyl or cyclic N) is 1. The summed E-state index contributed by atoms with van der Waals surface area (Å²) in [5.41, 5.74) is 7.20. The Kier molecular flexibility index (Phi) is 15.2. The predicted molar refractivity (Wildman–Crippen MR) is 268 cm³/mol. The molecule has 19 heteroatoms. The van der Waals surface area contributed by atoms with Crippen LogP contribution in [0.4, 0.5) is 8.78 Å². The molecule has 4 amide bonds. The zero-order valence-corrected chi connectivity index (χ0v) is 41.8. The van der Waals surface area contributed by atoms with Crippen molar-refractivity contribution in [1.82, 2.24) is 50.1 Å². The Hall–Kier alpha value is -6.54. The fraction of sp³-hybridized carbons (Fsp3) is 0.434. The van der Waals surface area contributed by atoms with Gasteiger partial charge in [-0.1, -0.05) is 57.2 Å². The number of fused-ring (bicyclic) bond motifs is 1. The molecule has 378 valence electrons. The molecule has 0 spiro atoms. The molecule has 72 heavy (non-hydrogen) atoms. The summed E-state index contributed by atoms with van der Waals surface area (Å²) in [5, 5.41) is 21.1. The summed E-state index contributed by atoms with van der Waals surface area (Å²) in [5.74, 6) is -2.75. The van der Waals surface area contributed by atoms with Gasteiger partial charge < -0.3 is 30.3 Å². The monoisotopic (exact) mass is 1000 g/mol. The highest BCUT2D eigenvalue weighted by Crippen LogP contribution is 2.33. The number of aliphatic hydroxyl groups excluding tert-OH is 1. The first-order valence-corrected chi connectivity index (χ1v) is 25.4. The van der Waals surface area contributed by atoms with E-state index in [1.165, 1.54) is 17.0 Å². The van der Waals surface area contributed by atoms with Crippen LogP contribution in [0.3, 0.4) is 0 Å². The molecule has 0 bridgehead atoms. The molecule has 3 aliphatic heterocycles. The van der Waals surface area contributed by atoms with Crippen LogP contribution >= 0.6 is 11.3 Å². The van der Waals surface area contributed by atoms with Gasteiger partial charge in [0.05, 0.1) is 70.6 Å². The number of piperidine rings is 1. The molecule has 1 unspecified atom stereocenters. The molecule has 3 N–H and O–H groups in total. The molecule has 9 rings (SSSR count). The normalized spacial score (nSPS) is 18.4. The van der Waals surface area contributed by atoms with Crippen molar-refractivity contribution in [2.75, 3.05) is 45.9 Å². The molecule has 6 heterocycles. The van der Waals surface area contributed by atoms with Crippen LogP contribution in [0, 0.1) is 24.0 Å². The number of nitrogens with zero attached hydrogens (tertiary/aromatic N) is 8. The van der Waals surface area contributed by atoms with Gasteiger partial charge in [0.1, 0.15) is 23.7 Å². The van der Waals surface area contributed by atoms with Gasteiger partial charge in [-0.05, 0) is 60.1 Å². The number of carbonyl (C=O) groups excluding carboxylic acids is 4. The zero-order valence-electron chi connectivity index (χ0n) is 40.9. The fourth-order valence-electron chi connectivity index (χ4n) is 9.74. The maximum absolute atomic E-state index is 15.5. The SMILES string of the molecule is Cc1ncsc1-c1ccc(CNC(=O)[C@@H]2C[C@@H](O)CN2C(=O)C(NC(=O)CCC(=O)N2CCC(n3cc(-c4cnc5cccc(-c6cc(F)c(CN7CCOCC7)c(F)c6)c5n4)cn3)CC2)C(C)(C)C)cc1. The van der Waals surface area contributed by atoms with Gasteiger partial charge in [-0.15, -0.1) is 11.3 Å². The number of benzene rings is 3. The van der Waals surface area contributed by atoms with Gasteiger partial charge >= 0.3 is 0 Å².